The number of likely N-dealkylation sites (tertiary alicyclic amines) is 1. The largest absolute Gasteiger partial charge is 0.495 e. The van der Waals surface area contributed by atoms with Crippen LogP contribution in [0.5, 0.6) is 5.75 Å². The molecule has 2 N–H and O–H groups in total. The SMILES string of the molecule is CCCC1CCN(C(=O)c2ccc(OC)c(N)c2)CC1. The molecule has 0 aromatic heterocycles. The normalized spacial score (nSPS) is 16.2. The number of hydrogen-bond acceptors (Lipinski definition) is 3. The summed E-state index contributed by atoms with van der Waals surface area (Å²) in [7, 11) is 1.58. The van der Waals surface area contributed by atoms with E-state index in [9.17, 15) is 4.79 Å². The number of anilines is 1. The van der Waals surface area contributed by atoms with Crippen LogP contribution in [0, 0.1) is 5.92 Å². The maximum Gasteiger partial charge on any atom is 0.253 e. The molecule has 1 aromatic rings. The molecule has 0 spiro atoms. The Morgan fingerprint density at radius 2 is 2.10 bits per heavy atom. The van der Waals surface area contributed by atoms with Gasteiger partial charge in [0.25, 0.3) is 5.91 Å². The van der Waals surface area contributed by atoms with Gasteiger partial charge in [0.2, 0.25) is 0 Å². The molecule has 1 fully saturated rings. The molecule has 20 heavy (non-hydrogen) atoms. The molecule has 0 bridgehead atoms. The van der Waals surface area contributed by atoms with Gasteiger partial charge in [0.05, 0.1) is 12.8 Å². The Kier molecular flexibility index (Phi) is 4.88. The average Bonchev–Trinajstić information content (AvgIpc) is 2.47. The standard InChI is InChI=1S/C16H24N2O2/c1-3-4-12-7-9-18(10-8-12)16(19)13-5-6-15(20-2)14(17)11-13/h5-6,11-12H,3-4,7-10,17H2,1-2H3. The number of carbonyl (C=O) groups excluding carboxylic acids is 1. The molecule has 1 saturated heterocycles. The molecule has 2 rings (SSSR count). The highest BCUT2D eigenvalue weighted by Crippen LogP contribution is 2.25. The first-order valence-corrected chi connectivity index (χ1v) is 7.38. The van der Waals surface area contributed by atoms with Crippen molar-refractivity contribution in [2.75, 3.05) is 25.9 Å². The Hall–Kier alpha value is -1.71. The summed E-state index contributed by atoms with van der Waals surface area (Å²) in [5.74, 6) is 1.47. The minimum atomic E-state index is 0.0781. The number of ether oxygens (including phenoxy) is 1. The van der Waals surface area contributed by atoms with Crippen molar-refractivity contribution < 1.29 is 9.53 Å². The van der Waals surface area contributed by atoms with Crippen molar-refractivity contribution in [2.24, 2.45) is 5.92 Å². The number of nitrogen functional groups attached to an aromatic ring is 1. The van der Waals surface area contributed by atoms with Crippen molar-refractivity contribution >= 4 is 11.6 Å². The van der Waals surface area contributed by atoms with E-state index in [1.807, 2.05) is 4.90 Å². The van der Waals surface area contributed by atoms with E-state index in [0.29, 0.717) is 17.0 Å². The van der Waals surface area contributed by atoms with Gasteiger partial charge in [-0.3, -0.25) is 4.79 Å². The predicted octanol–water partition coefficient (Wildman–Crippen LogP) is 2.93. The first kappa shape index (κ1) is 14.7. The molecule has 1 heterocycles. The number of benzene rings is 1. The molecule has 1 amide bonds. The van der Waals surface area contributed by atoms with Crippen LogP contribution < -0.4 is 10.5 Å². The van der Waals surface area contributed by atoms with Crippen molar-refractivity contribution in [3.8, 4) is 5.75 Å². The van der Waals surface area contributed by atoms with Crippen molar-refractivity contribution in [2.45, 2.75) is 32.6 Å². The maximum atomic E-state index is 12.4. The molecule has 1 aromatic carbocycles. The number of hydrogen-bond donors (Lipinski definition) is 1. The number of methoxy groups -OCH3 is 1. The number of nitrogens with zero attached hydrogens (tertiary/aromatic N) is 1. The number of nitrogens with two attached hydrogens (primary N) is 1. The number of carbonyl (C=O) groups is 1. The Bertz CT molecular complexity index is 466. The van der Waals surface area contributed by atoms with E-state index in [4.69, 9.17) is 10.5 Å². The second kappa shape index (κ2) is 6.64. The smallest absolute Gasteiger partial charge is 0.253 e. The van der Waals surface area contributed by atoms with Crippen LogP contribution in [0.25, 0.3) is 0 Å². The molecule has 1 aliphatic heterocycles. The van der Waals surface area contributed by atoms with E-state index in [2.05, 4.69) is 6.92 Å². The van der Waals surface area contributed by atoms with Crippen LogP contribution in [0.15, 0.2) is 18.2 Å². The summed E-state index contributed by atoms with van der Waals surface area (Å²) in [5.41, 5.74) is 7.03. The summed E-state index contributed by atoms with van der Waals surface area (Å²) in [5, 5.41) is 0. The number of piperidine rings is 1. The molecule has 4 nitrogen and oxygen atoms in total. The lowest BCUT2D eigenvalue weighted by Crippen LogP contribution is -2.38. The third-order valence-corrected chi connectivity index (χ3v) is 4.08. The lowest BCUT2D eigenvalue weighted by molar-refractivity contribution is 0.0686. The summed E-state index contributed by atoms with van der Waals surface area (Å²) in [6.45, 7) is 3.93. The summed E-state index contributed by atoms with van der Waals surface area (Å²) in [4.78, 5) is 14.4. The minimum Gasteiger partial charge on any atom is -0.495 e. The summed E-state index contributed by atoms with van der Waals surface area (Å²) in [6.07, 6.45) is 4.74. The molecular weight excluding hydrogens is 252 g/mol. The fourth-order valence-corrected chi connectivity index (χ4v) is 2.88. The summed E-state index contributed by atoms with van der Waals surface area (Å²) < 4.78 is 5.12. The number of amides is 1. The lowest BCUT2D eigenvalue weighted by Gasteiger charge is -2.32. The number of rotatable bonds is 4. The van der Waals surface area contributed by atoms with Gasteiger partial charge in [0, 0.05) is 18.7 Å². The highest BCUT2D eigenvalue weighted by atomic mass is 16.5. The topological polar surface area (TPSA) is 55.6 Å². The Morgan fingerprint density at radius 3 is 2.65 bits per heavy atom. The van der Waals surface area contributed by atoms with Crippen LogP contribution in [0.1, 0.15) is 43.0 Å². The zero-order valence-electron chi connectivity index (χ0n) is 12.4. The Balaban J connectivity index is 2.00. The van der Waals surface area contributed by atoms with Crippen molar-refractivity contribution in [1.82, 2.24) is 4.90 Å². The molecule has 0 atom stereocenters. The van der Waals surface area contributed by atoms with Gasteiger partial charge in [-0.1, -0.05) is 19.8 Å². The minimum absolute atomic E-state index is 0.0781. The van der Waals surface area contributed by atoms with Crippen molar-refractivity contribution in [3.05, 3.63) is 23.8 Å². The second-order valence-corrected chi connectivity index (χ2v) is 5.48. The van der Waals surface area contributed by atoms with E-state index in [1.54, 1.807) is 25.3 Å². The second-order valence-electron chi connectivity index (χ2n) is 5.48. The van der Waals surface area contributed by atoms with E-state index in [1.165, 1.54) is 12.8 Å². The monoisotopic (exact) mass is 276 g/mol. The van der Waals surface area contributed by atoms with Gasteiger partial charge in [-0.25, -0.2) is 0 Å². The van der Waals surface area contributed by atoms with Crippen molar-refractivity contribution in [1.29, 1.82) is 0 Å². The van der Waals surface area contributed by atoms with Gasteiger partial charge >= 0.3 is 0 Å². The molecule has 0 radical (unpaired) electrons. The quantitative estimate of drug-likeness (QED) is 0.860. The summed E-state index contributed by atoms with van der Waals surface area (Å²) in [6, 6.07) is 5.25. The zero-order valence-corrected chi connectivity index (χ0v) is 12.4. The Labute approximate surface area is 120 Å². The van der Waals surface area contributed by atoms with E-state index in [-0.39, 0.29) is 5.91 Å². The Morgan fingerprint density at radius 1 is 1.40 bits per heavy atom. The van der Waals surface area contributed by atoms with Gasteiger partial charge < -0.3 is 15.4 Å². The van der Waals surface area contributed by atoms with Gasteiger partial charge in [0.1, 0.15) is 5.75 Å². The molecule has 1 aliphatic rings. The third-order valence-electron chi connectivity index (χ3n) is 4.08. The zero-order chi connectivity index (χ0) is 14.5. The average molecular weight is 276 g/mol. The third kappa shape index (κ3) is 3.24. The van der Waals surface area contributed by atoms with Crippen LogP contribution in [0.2, 0.25) is 0 Å². The van der Waals surface area contributed by atoms with Gasteiger partial charge in [-0.2, -0.15) is 0 Å². The first-order valence-electron chi connectivity index (χ1n) is 7.38. The predicted molar refractivity (Wildman–Crippen MR) is 80.9 cm³/mol. The molecular formula is C16H24N2O2. The van der Waals surface area contributed by atoms with Crippen LogP contribution in [0.4, 0.5) is 5.69 Å². The molecule has 0 unspecified atom stereocenters. The van der Waals surface area contributed by atoms with Crippen molar-refractivity contribution in [3.63, 3.8) is 0 Å². The lowest BCUT2D eigenvalue weighted by atomic mass is 9.92. The molecule has 0 saturated carbocycles. The van der Waals surface area contributed by atoms with Crippen LogP contribution in [0.3, 0.4) is 0 Å². The van der Waals surface area contributed by atoms with Crippen LogP contribution in [-0.4, -0.2) is 31.0 Å². The maximum absolute atomic E-state index is 12.4. The van der Waals surface area contributed by atoms with E-state index < -0.39 is 0 Å². The molecule has 110 valence electrons. The molecule has 4 heteroatoms. The van der Waals surface area contributed by atoms with E-state index in [0.717, 1.165) is 31.8 Å². The highest BCUT2D eigenvalue weighted by molar-refractivity contribution is 5.95. The van der Waals surface area contributed by atoms with Gasteiger partial charge in [-0.05, 0) is 37.0 Å². The van der Waals surface area contributed by atoms with E-state index >= 15 is 0 Å². The summed E-state index contributed by atoms with van der Waals surface area (Å²) >= 11 is 0. The van der Waals surface area contributed by atoms with Crippen LogP contribution in [-0.2, 0) is 0 Å². The fourth-order valence-electron chi connectivity index (χ4n) is 2.88. The van der Waals surface area contributed by atoms with Gasteiger partial charge in [0.15, 0.2) is 0 Å². The first-order chi connectivity index (χ1) is 9.65. The fraction of sp³-hybridized carbons (Fsp3) is 0.562. The highest BCUT2D eigenvalue weighted by Gasteiger charge is 2.23. The van der Waals surface area contributed by atoms with Crippen LogP contribution >= 0.6 is 0 Å². The molecule has 0 aliphatic carbocycles. The van der Waals surface area contributed by atoms with Gasteiger partial charge in [-0.15, -0.1) is 0 Å².